The average Bonchev–Trinajstić information content (AvgIpc) is 2.61. The Morgan fingerprint density at radius 1 is 1.00 bits per heavy atom. The summed E-state index contributed by atoms with van der Waals surface area (Å²) in [6, 6.07) is 7.63. The van der Waals surface area contributed by atoms with Crippen LogP contribution in [0.4, 0.5) is 5.69 Å². The van der Waals surface area contributed by atoms with Crippen molar-refractivity contribution in [1.82, 2.24) is 0 Å². The minimum atomic E-state index is -0.844. The molecule has 0 heterocycles. The second-order valence-electron chi connectivity index (χ2n) is 4.67. The average molecular weight is 366 g/mol. The van der Waals surface area contributed by atoms with Gasteiger partial charge in [-0.05, 0) is 30.3 Å². The number of carbonyl (C=O) groups excluding carboxylic acids is 2. The molecule has 0 aliphatic heterocycles. The molecule has 0 aliphatic carbocycles. The highest BCUT2D eigenvalue weighted by Gasteiger charge is 2.19. The van der Waals surface area contributed by atoms with Crippen LogP contribution < -0.4 is 9.47 Å². The summed E-state index contributed by atoms with van der Waals surface area (Å²) in [5.74, 6) is -1.26. The van der Waals surface area contributed by atoms with E-state index in [1.807, 2.05) is 0 Å². The van der Waals surface area contributed by atoms with E-state index in [0.717, 1.165) is 6.07 Å². The van der Waals surface area contributed by atoms with E-state index in [0.29, 0.717) is 0 Å². The maximum atomic E-state index is 12.2. The highest BCUT2D eigenvalue weighted by Crippen LogP contribution is 2.30. The van der Waals surface area contributed by atoms with Gasteiger partial charge in [-0.2, -0.15) is 0 Å². The maximum absolute atomic E-state index is 12.2. The van der Waals surface area contributed by atoms with E-state index < -0.39 is 22.5 Å². The van der Waals surface area contributed by atoms with Gasteiger partial charge in [0.25, 0.3) is 5.69 Å². The van der Waals surface area contributed by atoms with Gasteiger partial charge in [0.2, 0.25) is 0 Å². The van der Waals surface area contributed by atoms with Crippen LogP contribution in [0.1, 0.15) is 20.7 Å². The molecule has 0 radical (unpaired) electrons. The van der Waals surface area contributed by atoms with Crippen LogP contribution in [-0.4, -0.2) is 31.1 Å². The van der Waals surface area contributed by atoms with Gasteiger partial charge in [0.1, 0.15) is 5.02 Å². The molecule has 0 aromatic heterocycles. The zero-order valence-corrected chi connectivity index (χ0v) is 13.9. The van der Waals surface area contributed by atoms with Crippen LogP contribution in [0.25, 0.3) is 0 Å². The van der Waals surface area contributed by atoms with Gasteiger partial charge in [0.05, 0.1) is 30.3 Å². The first-order valence-electron chi connectivity index (χ1n) is 6.80. The summed E-state index contributed by atoms with van der Waals surface area (Å²) in [6.45, 7) is 0. The van der Waals surface area contributed by atoms with Crippen molar-refractivity contribution in [3.63, 3.8) is 0 Å². The van der Waals surface area contributed by atoms with Crippen LogP contribution in [0.2, 0.25) is 5.02 Å². The van der Waals surface area contributed by atoms with E-state index in [2.05, 4.69) is 4.74 Å². The summed E-state index contributed by atoms with van der Waals surface area (Å²) in [5, 5.41) is 10.8. The Morgan fingerprint density at radius 2 is 1.64 bits per heavy atom. The van der Waals surface area contributed by atoms with Crippen LogP contribution in [0, 0.1) is 10.1 Å². The van der Waals surface area contributed by atoms with Crippen molar-refractivity contribution in [2.45, 2.75) is 0 Å². The molecule has 130 valence electrons. The van der Waals surface area contributed by atoms with E-state index in [9.17, 15) is 19.7 Å². The number of rotatable bonds is 5. The Hall–Kier alpha value is -3.13. The summed E-state index contributed by atoms with van der Waals surface area (Å²) < 4.78 is 14.9. The number of ether oxygens (including phenoxy) is 3. The van der Waals surface area contributed by atoms with Crippen LogP contribution in [-0.2, 0) is 4.74 Å². The summed E-state index contributed by atoms with van der Waals surface area (Å²) in [4.78, 5) is 33.9. The number of hydrogen-bond acceptors (Lipinski definition) is 7. The van der Waals surface area contributed by atoms with Gasteiger partial charge in [-0.1, -0.05) is 11.6 Å². The monoisotopic (exact) mass is 365 g/mol. The van der Waals surface area contributed by atoms with Gasteiger partial charge in [-0.15, -0.1) is 0 Å². The molecule has 0 atom stereocenters. The summed E-state index contributed by atoms with van der Waals surface area (Å²) in [6.07, 6.45) is 0. The standard InChI is InChI=1S/C16H12ClNO7/c1-23-14-8-10(15(19)24-2)4-6-13(14)25-16(20)9-3-5-11(17)12(7-9)18(21)22/h3-8H,1-2H3. The minimum absolute atomic E-state index is 0.0396. The third-order valence-corrected chi connectivity index (χ3v) is 3.49. The number of methoxy groups -OCH3 is 2. The van der Waals surface area contributed by atoms with Crippen LogP contribution >= 0.6 is 11.6 Å². The SMILES string of the molecule is COC(=O)c1ccc(OC(=O)c2ccc(Cl)c([N+](=O)[O-])c2)c(OC)c1. The van der Waals surface area contributed by atoms with Gasteiger partial charge in [-0.3, -0.25) is 10.1 Å². The van der Waals surface area contributed by atoms with Crippen molar-refractivity contribution >= 4 is 29.2 Å². The van der Waals surface area contributed by atoms with Gasteiger partial charge in [0, 0.05) is 6.07 Å². The largest absolute Gasteiger partial charge is 0.493 e. The minimum Gasteiger partial charge on any atom is -0.493 e. The fraction of sp³-hybridized carbons (Fsp3) is 0.125. The molecule has 0 saturated carbocycles. The Labute approximate surface area is 147 Å². The molecule has 0 unspecified atom stereocenters. The van der Waals surface area contributed by atoms with Gasteiger partial charge in [-0.25, -0.2) is 9.59 Å². The fourth-order valence-electron chi connectivity index (χ4n) is 1.94. The quantitative estimate of drug-likeness (QED) is 0.346. The van der Waals surface area contributed by atoms with Gasteiger partial charge >= 0.3 is 11.9 Å². The zero-order chi connectivity index (χ0) is 18.6. The van der Waals surface area contributed by atoms with Crippen molar-refractivity contribution in [3.8, 4) is 11.5 Å². The lowest BCUT2D eigenvalue weighted by atomic mass is 10.2. The van der Waals surface area contributed by atoms with E-state index in [-0.39, 0.29) is 27.6 Å². The fourth-order valence-corrected chi connectivity index (χ4v) is 2.12. The molecule has 2 rings (SSSR count). The smallest absolute Gasteiger partial charge is 0.343 e. The predicted molar refractivity (Wildman–Crippen MR) is 87.4 cm³/mol. The highest BCUT2D eigenvalue weighted by atomic mass is 35.5. The van der Waals surface area contributed by atoms with E-state index in [4.69, 9.17) is 21.1 Å². The first-order chi connectivity index (χ1) is 11.9. The van der Waals surface area contributed by atoms with Crippen molar-refractivity contribution in [1.29, 1.82) is 0 Å². The second-order valence-corrected chi connectivity index (χ2v) is 5.08. The first kappa shape index (κ1) is 18.2. The number of nitro groups is 1. The summed E-state index contributed by atoms with van der Waals surface area (Å²) in [5.41, 5.74) is -0.263. The highest BCUT2D eigenvalue weighted by molar-refractivity contribution is 6.32. The number of nitro benzene ring substituents is 1. The molecule has 0 N–H and O–H groups in total. The van der Waals surface area contributed by atoms with Crippen molar-refractivity contribution in [2.75, 3.05) is 14.2 Å². The van der Waals surface area contributed by atoms with Gasteiger partial charge in [0.15, 0.2) is 11.5 Å². The van der Waals surface area contributed by atoms with Gasteiger partial charge < -0.3 is 14.2 Å². The molecule has 0 amide bonds. The molecule has 0 bridgehead atoms. The number of benzene rings is 2. The molecule has 0 fully saturated rings. The number of hydrogen-bond donors (Lipinski definition) is 0. The second kappa shape index (κ2) is 7.63. The van der Waals surface area contributed by atoms with E-state index in [1.165, 1.54) is 44.6 Å². The number of halogens is 1. The normalized spacial score (nSPS) is 10.0. The zero-order valence-electron chi connectivity index (χ0n) is 13.1. The summed E-state index contributed by atoms with van der Waals surface area (Å²) >= 11 is 5.71. The third-order valence-electron chi connectivity index (χ3n) is 3.17. The molecule has 8 nitrogen and oxygen atoms in total. The number of esters is 2. The molecule has 0 saturated heterocycles. The molecule has 0 aliphatic rings. The van der Waals surface area contributed by atoms with Crippen LogP contribution in [0.5, 0.6) is 11.5 Å². The predicted octanol–water partition coefficient (Wildman–Crippen LogP) is 3.26. The van der Waals surface area contributed by atoms with Crippen molar-refractivity contribution in [3.05, 3.63) is 62.7 Å². The number of nitrogens with zero attached hydrogens (tertiary/aromatic N) is 1. The maximum Gasteiger partial charge on any atom is 0.343 e. The first-order valence-corrected chi connectivity index (χ1v) is 7.17. The Morgan fingerprint density at radius 3 is 2.24 bits per heavy atom. The topological polar surface area (TPSA) is 105 Å². The molecule has 25 heavy (non-hydrogen) atoms. The molecule has 2 aromatic carbocycles. The molecule has 9 heteroatoms. The van der Waals surface area contributed by atoms with Crippen LogP contribution in [0.3, 0.4) is 0 Å². The lowest BCUT2D eigenvalue weighted by molar-refractivity contribution is -0.384. The molecular formula is C16H12ClNO7. The Bertz CT molecular complexity index is 850. The Kier molecular flexibility index (Phi) is 5.56. The van der Waals surface area contributed by atoms with E-state index >= 15 is 0 Å². The molecule has 2 aromatic rings. The molecule has 0 spiro atoms. The number of carbonyl (C=O) groups is 2. The third kappa shape index (κ3) is 4.04. The summed E-state index contributed by atoms with van der Waals surface area (Å²) in [7, 11) is 2.57. The molecular weight excluding hydrogens is 354 g/mol. The van der Waals surface area contributed by atoms with Crippen LogP contribution in [0.15, 0.2) is 36.4 Å². The van der Waals surface area contributed by atoms with Crippen molar-refractivity contribution < 1.29 is 28.7 Å². The lowest BCUT2D eigenvalue weighted by Crippen LogP contribution is -2.10. The Balaban J connectivity index is 2.30. The van der Waals surface area contributed by atoms with Crippen molar-refractivity contribution in [2.24, 2.45) is 0 Å². The van der Waals surface area contributed by atoms with E-state index in [1.54, 1.807) is 0 Å². The lowest BCUT2D eigenvalue weighted by Gasteiger charge is -2.10.